The van der Waals surface area contributed by atoms with Crippen LogP contribution in [0.2, 0.25) is 0 Å². The molecule has 1 fully saturated rings. The zero-order valence-electron chi connectivity index (χ0n) is 18.9. The number of nitrogens with one attached hydrogen (secondary N) is 1. The molecule has 1 amide bonds. The summed E-state index contributed by atoms with van der Waals surface area (Å²) in [4.78, 5) is 27.8. The van der Waals surface area contributed by atoms with E-state index in [0.29, 0.717) is 29.6 Å². The zero-order chi connectivity index (χ0) is 22.7. The Hall–Kier alpha value is -3.20. The Morgan fingerprint density at radius 1 is 1.22 bits per heavy atom. The Morgan fingerprint density at radius 2 is 2.00 bits per heavy atom. The topological polar surface area (TPSA) is 93.8 Å². The molecule has 1 saturated heterocycles. The van der Waals surface area contributed by atoms with E-state index in [1.165, 1.54) is 28.5 Å². The molecule has 4 rings (SSSR count). The monoisotopic (exact) mass is 438 g/mol. The van der Waals surface area contributed by atoms with Crippen LogP contribution in [0.3, 0.4) is 0 Å². The van der Waals surface area contributed by atoms with Gasteiger partial charge in [-0.2, -0.15) is 10.2 Å². The van der Waals surface area contributed by atoms with Crippen LogP contribution in [0.15, 0.2) is 35.1 Å². The summed E-state index contributed by atoms with van der Waals surface area (Å²) in [5.74, 6) is 1.07. The van der Waals surface area contributed by atoms with Gasteiger partial charge in [0.25, 0.3) is 5.56 Å². The first kappa shape index (κ1) is 22.0. The van der Waals surface area contributed by atoms with Gasteiger partial charge >= 0.3 is 0 Å². The van der Waals surface area contributed by atoms with Crippen molar-refractivity contribution in [3.05, 3.63) is 46.5 Å². The minimum absolute atomic E-state index is 0.116. The van der Waals surface area contributed by atoms with Gasteiger partial charge in [0.1, 0.15) is 23.6 Å². The maximum atomic E-state index is 13.0. The number of ether oxygens (including phenoxy) is 1. The number of aromatic nitrogens is 4. The lowest BCUT2D eigenvalue weighted by molar-refractivity contribution is -0.122. The third-order valence-electron chi connectivity index (χ3n) is 6.08. The summed E-state index contributed by atoms with van der Waals surface area (Å²) in [5.41, 5.74) is 1.57. The van der Waals surface area contributed by atoms with Crippen molar-refractivity contribution in [2.24, 2.45) is 0 Å². The third kappa shape index (κ3) is 4.67. The first-order valence-corrected chi connectivity index (χ1v) is 11.1. The minimum Gasteiger partial charge on any atom is -0.497 e. The Bertz CT molecular complexity index is 1150. The van der Waals surface area contributed by atoms with Crippen LogP contribution < -0.4 is 15.6 Å². The molecule has 1 aliphatic rings. The number of likely N-dealkylation sites (tertiary alicyclic amines) is 1. The lowest BCUT2D eigenvalue weighted by atomic mass is 10.0. The van der Waals surface area contributed by atoms with Crippen LogP contribution in [0, 0.1) is 6.92 Å². The van der Waals surface area contributed by atoms with Crippen LogP contribution in [0.1, 0.15) is 32.0 Å². The average Bonchev–Trinajstić information content (AvgIpc) is 3.25. The highest BCUT2D eigenvalue weighted by molar-refractivity contribution is 5.75. The van der Waals surface area contributed by atoms with Crippen LogP contribution >= 0.6 is 0 Å². The van der Waals surface area contributed by atoms with Gasteiger partial charge in [-0.15, -0.1) is 0 Å². The highest BCUT2D eigenvalue weighted by atomic mass is 16.5. The van der Waals surface area contributed by atoms with Gasteiger partial charge in [-0.05, 0) is 63.6 Å². The second-order valence-corrected chi connectivity index (χ2v) is 8.30. The van der Waals surface area contributed by atoms with Gasteiger partial charge in [0, 0.05) is 24.7 Å². The third-order valence-corrected chi connectivity index (χ3v) is 6.08. The molecule has 2 aromatic heterocycles. The van der Waals surface area contributed by atoms with Crippen molar-refractivity contribution in [2.75, 3.05) is 26.7 Å². The maximum absolute atomic E-state index is 13.0. The van der Waals surface area contributed by atoms with E-state index in [1.807, 2.05) is 24.3 Å². The Labute approximate surface area is 187 Å². The van der Waals surface area contributed by atoms with Crippen molar-refractivity contribution in [3.8, 4) is 17.0 Å². The fraction of sp³-hybridized carbons (Fsp3) is 0.478. The second-order valence-electron chi connectivity index (χ2n) is 8.30. The van der Waals surface area contributed by atoms with Crippen molar-refractivity contribution in [1.29, 1.82) is 0 Å². The van der Waals surface area contributed by atoms with Crippen molar-refractivity contribution >= 4 is 11.4 Å². The summed E-state index contributed by atoms with van der Waals surface area (Å²) in [6, 6.07) is 9.74. The number of methoxy groups -OCH3 is 1. The van der Waals surface area contributed by atoms with Gasteiger partial charge in [-0.1, -0.05) is 6.42 Å². The van der Waals surface area contributed by atoms with E-state index >= 15 is 0 Å². The molecule has 0 saturated carbocycles. The number of carbonyl (C=O) groups is 1. The van der Waals surface area contributed by atoms with Gasteiger partial charge in [-0.25, -0.2) is 9.20 Å². The van der Waals surface area contributed by atoms with Crippen LogP contribution in [-0.2, 0) is 11.3 Å². The van der Waals surface area contributed by atoms with Gasteiger partial charge in [-0.3, -0.25) is 14.5 Å². The molecule has 0 spiro atoms. The molecule has 0 unspecified atom stereocenters. The van der Waals surface area contributed by atoms with E-state index in [2.05, 4.69) is 27.3 Å². The largest absolute Gasteiger partial charge is 0.497 e. The molecule has 0 radical (unpaired) electrons. The lowest BCUT2D eigenvalue weighted by Crippen LogP contribution is -2.43. The molecular formula is C23H30N6O3. The number of nitrogens with zero attached hydrogens (tertiary/aromatic N) is 5. The summed E-state index contributed by atoms with van der Waals surface area (Å²) in [7, 11) is 1.61. The first-order chi connectivity index (χ1) is 15.5. The number of hydrogen-bond donors (Lipinski definition) is 1. The van der Waals surface area contributed by atoms with Crippen molar-refractivity contribution in [1.82, 2.24) is 29.6 Å². The Kier molecular flexibility index (Phi) is 6.55. The number of aryl methyl sites for hydroxylation is 1. The van der Waals surface area contributed by atoms with E-state index in [9.17, 15) is 9.59 Å². The first-order valence-electron chi connectivity index (χ1n) is 11.1. The number of hydrogen-bond acceptors (Lipinski definition) is 6. The molecule has 1 aliphatic heterocycles. The lowest BCUT2D eigenvalue weighted by Gasteiger charge is -2.33. The summed E-state index contributed by atoms with van der Waals surface area (Å²) >= 11 is 0. The molecule has 1 N–H and O–H groups in total. The average molecular weight is 439 g/mol. The number of piperidine rings is 1. The van der Waals surface area contributed by atoms with Gasteiger partial charge in [0.2, 0.25) is 5.91 Å². The molecule has 9 heteroatoms. The molecule has 9 nitrogen and oxygen atoms in total. The molecule has 0 bridgehead atoms. The van der Waals surface area contributed by atoms with Gasteiger partial charge in [0.05, 0.1) is 12.8 Å². The number of benzene rings is 1. The van der Waals surface area contributed by atoms with E-state index < -0.39 is 0 Å². The zero-order valence-corrected chi connectivity index (χ0v) is 18.9. The molecule has 3 heterocycles. The van der Waals surface area contributed by atoms with Crippen molar-refractivity contribution in [3.63, 3.8) is 0 Å². The molecule has 32 heavy (non-hydrogen) atoms. The van der Waals surface area contributed by atoms with E-state index in [4.69, 9.17) is 4.74 Å². The Morgan fingerprint density at radius 3 is 2.72 bits per heavy atom. The van der Waals surface area contributed by atoms with Crippen LogP contribution in [0.4, 0.5) is 0 Å². The normalized spacial score (nSPS) is 16.9. The predicted octanol–water partition coefficient (Wildman–Crippen LogP) is 1.87. The fourth-order valence-electron chi connectivity index (χ4n) is 4.21. The van der Waals surface area contributed by atoms with Gasteiger partial charge in [0.15, 0.2) is 0 Å². The summed E-state index contributed by atoms with van der Waals surface area (Å²) in [6.07, 6.45) is 3.69. The summed E-state index contributed by atoms with van der Waals surface area (Å²) < 4.78 is 7.93. The van der Waals surface area contributed by atoms with Crippen molar-refractivity contribution in [2.45, 2.75) is 45.7 Å². The van der Waals surface area contributed by atoms with Crippen LogP contribution in [0.25, 0.3) is 16.8 Å². The molecule has 170 valence electrons. The van der Waals surface area contributed by atoms with Gasteiger partial charge < -0.3 is 10.1 Å². The SMILES string of the molecule is COc1ccc(-c2cc3c(=O)n(CC(=O)NCCN4CCCC[C@H]4C)nc(C)n3n2)cc1. The van der Waals surface area contributed by atoms with Crippen LogP contribution in [0.5, 0.6) is 5.75 Å². The number of carbonyl (C=O) groups excluding carboxylic acids is 1. The van der Waals surface area contributed by atoms with E-state index in [1.54, 1.807) is 20.1 Å². The highest BCUT2D eigenvalue weighted by Crippen LogP contribution is 2.22. The summed E-state index contributed by atoms with van der Waals surface area (Å²) in [5, 5.41) is 11.7. The molecule has 0 aliphatic carbocycles. The molecule has 1 aromatic carbocycles. The maximum Gasteiger partial charge on any atom is 0.293 e. The minimum atomic E-state index is -0.345. The standard InChI is InChI=1S/C23H30N6O3/c1-16-6-4-5-12-27(16)13-11-24-22(30)15-28-23(31)21-14-20(26-29(21)17(2)25-28)18-7-9-19(32-3)10-8-18/h7-10,14,16H,4-6,11-13,15H2,1-3H3,(H,24,30)/t16-/m1/s1. The molecular weight excluding hydrogens is 408 g/mol. The Balaban J connectivity index is 1.46. The molecule has 3 aromatic rings. The predicted molar refractivity (Wildman–Crippen MR) is 122 cm³/mol. The van der Waals surface area contributed by atoms with Crippen LogP contribution in [-0.4, -0.2) is 63.0 Å². The molecule has 1 atom stereocenters. The highest BCUT2D eigenvalue weighted by Gasteiger charge is 2.18. The quantitative estimate of drug-likeness (QED) is 0.605. The number of fused-ring (bicyclic) bond motifs is 1. The summed E-state index contributed by atoms with van der Waals surface area (Å²) in [6.45, 7) is 6.34. The number of amides is 1. The second kappa shape index (κ2) is 9.52. The fourth-order valence-corrected chi connectivity index (χ4v) is 4.21. The van der Waals surface area contributed by atoms with E-state index in [0.717, 1.165) is 24.4 Å². The number of rotatable bonds is 7. The van der Waals surface area contributed by atoms with Crippen molar-refractivity contribution < 1.29 is 9.53 Å². The van der Waals surface area contributed by atoms with E-state index in [-0.39, 0.29) is 18.0 Å². The smallest absolute Gasteiger partial charge is 0.293 e.